The summed E-state index contributed by atoms with van der Waals surface area (Å²) in [5, 5.41) is 2.89. The van der Waals surface area contributed by atoms with E-state index < -0.39 is 0 Å². The molecule has 2 amide bonds. The van der Waals surface area contributed by atoms with Crippen LogP contribution in [0.1, 0.15) is 19.3 Å². The van der Waals surface area contributed by atoms with Crippen molar-refractivity contribution in [2.24, 2.45) is 11.8 Å². The maximum absolute atomic E-state index is 12.2. The van der Waals surface area contributed by atoms with Crippen LogP contribution in [0.2, 0.25) is 0 Å². The lowest BCUT2D eigenvalue weighted by Crippen LogP contribution is -2.30. The second-order valence-electron chi connectivity index (χ2n) is 5.45. The molecule has 1 N–H and O–H groups in total. The number of carbonyl (C=O) groups excluding carboxylic acids is 2. The summed E-state index contributed by atoms with van der Waals surface area (Å²) in [5.74, 6) is -0.144. The predicted octanol–water partition coefficient (Wildman–Crippen LogP) is 2.65. The average molecular weight is 337 g/mol. The molecule has 0 aromatic heterocycles. The molecule has 106 valence electrons. The summed E-state index contributed by atoms with van der Waals surface area (Å²) >= 11 is 3.40. The van der Waals surface area contributed by atoms with Gasteiger partial charge >= 0.3 is 0 Å². The highest BCUT2D eigenvalue weighted by Crippen LogP contribution is 2.41. The molecule has 0 bridgehead atoms. The van der Waals surface area contributed by atoms with Crippen LogP contribution < -0.4 is 5.32 Å². The Labute approximate surface area is 126 Å². The highest BCUT2D eigenvalue weighted by Gasteiger charge is 2.49. The fourth-order valence-electron chi connectivity index (χ4n) is 2.72. The first-order valence-electron chi connectivity index (χ1n) is 7.01. The minimum absolute atomic E-state index is 0.0468. The summed E-state index contributed by atoms with van der Waals surface area (Å²) in [5.41, 5.74) is 0.761. The lowest BCUT2D eigenvalue weighted by Gasteiger charge is -2.15. The molecular weight excluding hydrogens is 320 g/mol. The number of anilines is 1. The highest BCUT2D eigenvalue weighted by atomic mass is 79.9. The van der Waals surface area contributed by atoms with E-state index in [1.165, 1.54) is 0 Å². The Morgan fingerprint density at radius 3 is 2.55 bits per heavy atom. The Bertz CT molecular complexity index is 540. The van der Waals surface area contributed by atoms with Crippen LogP contribution in [0, 0.1) is 11.8 Å². The minimum atomic E-state index is -0.157. The van der Waals surface area contributed by atoms with Crippen molar-refractivity contribution in [3.05, 3.63) is 28.7 Å². The summed E-state index contributed by atoms with van der Waals surface area (Å²) in [7, 11) is 0. The number of amides is 2. The lowest BCUT2D eigenvalue weighted by molar-refractivity contribution is -0.133. The Balaban J connectivity index is 1.57. The van der Waals surface area contributed by atoms with Crippen LogP contribution in [0.5, 0.6) is 0 Å². The SMILES string of the molecule is O=C(Nc1ccccc1Br)C1CC1C(=O)N1CCCC1. The number of nitrogens with one attached hydrogen (secondary N) is 1. The van der Waals surface area contributed by atoms with Gasteiger partial charge in [-0.2, -0.15) is 0 Å². The molecule has 1 aromatic rings. The number of carbonyl (C=O) groups is 2. The monoisotopic (exact) mass is 336 g/mol. The first-order chi connectivity index (χ1) is 9.66. The first kappa shape index (κ1) is 13.6. The standard InChI is InChI=1S/C15H17BrN2O2/c16-12-5-1-2-6-13(12)17-14(19)10-9-11(10)15(20)18-7-3-4-8-18/h1-2,5-6,10-11H,3-4,7-9H2,(H,17,19). The van der Waals surface area contributed by atoms with Gasteiger partial charge in [0.15, 0.2) is 0 Å². The van der Waals surface area contributed by atoms with Crippen molar-refractivity contribution < 1.29 is 9.59 Å². The van der Waals surface area contributed by atoms with Gasteiger partial charge in [-0.05, 0) is 47.3 Å². The van der Waals surface area contributed by atoms with E-state index in [4.69, 9.17) is 0 Å². The van der Waals surface area contributed by atoms with E-state index in [0.29, 0.717) is 6.42 Å². The summed E-state index contributed by atoms with van der Waals surface area (Å²) in [6.07, 6.45) is 2.87. The zero-order chi connectivity index (χ0) is 14.1. The summed E-state index contributed by atoms with van der Waals surface area (Å²) in [6, 6.07) is 7.51. The molecule has 1 aliphatic heterocycles. The number of benzene rings is 1. The maximum Gasteiger partial charge on any atom is 0.228 e. The number of hydrogen-bond donors (Lipinski definition) is 1. The third-order valence-corrected chi connectivity index (χ3v) is 4.69. The van der Waals surface area contributed by atoms with Gasteiger partial charge in [-0.3, -0.25) is 9.59 Å². The highest BCUT2D eigenvalue weighted by molar-refractivity contribution is 9.10. The summed E-state index contributed by atoms with van der Waals surface area (Å²) in [6.45, 7) is 1.71. The van der Waals surface area contributed by atoms with Crippen LogP contribution in [0.3, 0.4) is 0 Å². The molecule has 2 atom stereocenters. The Hall–Kier alpha value is -1.36. The lowest BCUT2D eigenvalue weighted by atomic mass is 10.2. The zero-order valence-electron chi connectivity index (χ0n) is 11.1. The van der Waals surface area contributed by atoms with E-state index >= 15 is 0 Å². The van der Waals surface area contributed by atoms with Gasteiger partial charge in [-0.25, -0.2) is 0 Å². The topological polar surface area (TPSA) is 49.4 Å². The van der Waals surface area contributed by atoms with Crippen molar-refractivity contribution in [1.82, 2.24) is 4.90 Å². The molecule has 2 unspecified atom stereocenters. The molecule has 2 fully saturated rings. The van der Waals surface area contributed by atoms with Crippen LogP contribution in [0.15, 0.2) is 28.7 Å². The molecule has 20 heavy (non-hydrogen) atoms. The van der Waals surface area contributed by atoms with Gasteiger partial charge in [-0.15, -0.1) is 0 Å². The van der Waals surface area contributed by atoms with E-state index in [0.717, 1.165) is 36.1 Å². The molecule has 0 radical (unpaired) electrons. The minimum Gasteiger partial charge on any atom is -0.342 e. The number of rotatable bonds is 3. The predicted molar refractivity (Wildman–Crippen MR) is 80.2 cm³/mol. The van der Waals surface area contributed by atoms with E-state index in [1.54, 1.807) is 0 Å². The average Bonchev–Trinajstić information content (AvgIpc) is 3.06. The summed E-state index contributed by atoms with van der Waals surface area (Å²) < 4.78 is 0.858. The van der Waals surface area contributed by atoms with Gasteiger partial charge < -0.3 is 10.2 Å². The largest absolute Gasteiger partial charge is 0.342 e. The molecule has 0 spiro atoms. The van der Waals surface area contributed by atoms with Crippen molar-refractivity contribution in [2.75, 3.05) is 18.4 Å². The van der Waals surface area contributed by atoms with Crippen LogP contribution >= 0.6 is 15.9 Å². The van der Waals surface area contributed by atoms with Gasteiger partial charge in [0.25, 0.3) is 0 Å². The van der Waals surface area contributed by atoms with Crippen molar-refractivity contribution in [3.63, 3.8) is 0 Å². The second-order valence-corrected chi connectivity index (χ2v) is 6.30. The number of halogens is 1. The maximum atomic E-state index is 12.2. The van der Waals surface area contributed by atoms with E-state index in [-0.39, 0.29) is 23.7 Å². The quantitative estimate of drug-likeness (QED) is 0.922. The second kappa shape index (κ2) is 5.56. The van der Waals surface area contributed by atoms with Crippen LogP contribution in [0.4, 0.5) is 5.69 Å². The van der Waals surface area contributed by atoms with Gasteiger partial charge in [-0.1, -0.05) is 12.1 Å². The number of likely N-dealkylation sites (tertiary alicyclic amines) is 1. The van der Waals surface area contributed by atoms with Gasteiger partial charge in [0.05, 0.1) is 17.5 Å². The number of hydrogen-bond acceptors (Lipinski definition) is 2. The van der Waals surface area contributed by atoms with E-state index in [1.807, 2.05) is 29.2 Å². The summed E-state index contributed by atoms with van der Waals surface area (Å²) in [4.78, 5) is 26.2. The molecule has 3 rings (SSSR count). The Morgan fingerprint density at radius 1 is 1.15 bits per heavy atom. The van der Waals surface area contributed by atoms with Crippen molar-refractivity contribution in [1.29, 1.82) is 0 Å². The fourth-order valence-corrected chi connectivity index (χ4v) is 3.10. The van der Waals surface area contributed by atoms with Gasteiger partial charge in [0.2, 0.25) is 11.8 Å². The fraction of sp³-hybridized carbons (Fsp3) is 0.467. The van der Waals surface area contributed by atoms with Crippen molar-refractivity contribution in [3.8, 4) is 0 Å². The molecule has 4 nitrogen and oxygen atoms in total. The van der Waals surface area contributed by atoms with Gasteiger partial charge in [0, 0.05) is 17.6 Å². The number of para-hydroxylation sites is 1. The molecule has 5 heteroatoms. The molecule has 1 aliphatic carbocycles. The smallest absolute Gasteiger partial charge is 0.228 e. The van der Waals surface area contributed by atoms with Crippen molar-refractivity contribution in [2.45, 2.75) is 19.3 Å². The molecule has 1 saturated heterocycles. The molecule has 1 saturated carbocycles. The normalized spacial score (nSPS) is 24.6. The third-order valence-electron chi connectivity index (χ3n) is 3.99. The first-order valence-corrected chi connectivity index (χ1v) is 7.80. The van der Waals surface area contributed by atoms with Crippen LogP contribution in [0.25, 0.3) is 0 Å². The zero-order valence-corrected chi connectivity index (χ0v) is 12.7. The van der Waals surface area contributed by atoms with Gasteiger partial charge in [0.1, 0.15) is 0 Å². The van der Waals surface area contributed by atoms with Crippen LogP contribution in [-0.2, 0) is 9.59 Å². The Kier molecular flexibility index (Phi) is 3.78. The van der Waals surface area contributed by atoms with Crippen molar-refractivity contribution >= 4 is 33.4 Å². The molecule has 1 aromatic carbocycles. The van der Waals surface area contributed by atoms with Crippen LogP contribution in [-0.4, -0.2) is 29.8 Å². The third kappa shape index (κ3) is 2.73. The number of nitrogens with zero attached hydrogens (tertiary/aromatic N) is 1. The van der Waals surface area contributed by atoms with E-state index in [9.17, 15) is 9.59 Å². The molecular formula is C15H17BrN2O2. The molecule has 2 aliphatic rings. The van der Waals surface area contributed by atoms with E-state index in [2.05, 4.69) is 21.2 Å². The Morgan fingerprint density at radius 2 is 1.85 bits per heavy atom. The molecule has 1 heterocycles.